The molecule has 2 aromatic rings. The highest BCUT2D eigenvalue weighted by atomic mass is 16.5. The molecule has 0 spiro atoms. The predicted molar refractivity (Wildman–Crippen MR) is 113 cm³/mol. The number of rotatable bonds is 5. The molecule has 2 aliphatic rings. The van der Waals surface area contributed by atoms with Gasteiger partial charge in [-0.2, -0.15) is 0 Å². The van der Waals surface area contributed by atoms with Crippen LogP contribution in [0.25, 0.3) is 0 Å². The number of pyridine rings is 2. The first-order chi connectivity index (χ1) is 13.6. The molecule has 2 fully saturated rings. The second-order valence-electron chi connectivity index (χ2n) is 7.30. The van der Waals surface area contributed by atoms with Crippen molar-refractivity contribution in [3.8, 4) is 0 Å². The lowest BCUT2D eigenvalue weighted by Crippen LogP contribution is -1.87. The van der Waals surface area contributed by atoms with E-state index < -0.39 is 0 Å². The van der Waals surface area contributed by atoms with Crippen molar-refractivity contribution in [2.75, 3.05) is 7.11 Å². The highest BCUT2D eigenvalue weighted by molar-refractivity contribution is 5.61. The molecule has 0 amide bonds. The lowest BCUT2D eigenvalue weighted by molar-refractivity contribution is -0.108. The van der Waals surface area contributed by atoms with Crippen molar-refractivity contribution >= 4 is 6.29 Å². The number of nitrogens with zero attached hydrogens (tertiary/aromatic N) is 2. The number of allylic oxidation sites excluding steroid dienone is 1. The number of carbonyl (C=O) groups excluding carboxylic acids is 1. The van der Waals surface area contributed by atoms with Crippen LogP contribution in [0.15, 0.2) is 62.4 Å². The molecule has 2 saturated carbocycles. The molecule has 0 bridgehead atoms. The van der Waals surface area contributed by atoms with Crippen LogP contribution in [0.4, 0.5) is 0 Å². The smallest absolute Gasteiger partial charge is 0.123 e. The highest BCUT2D eigenvalue weighted by Gasteiger charge is 2.38. The third kappa shape index (κ3) is 6.15. The summed E-state index contributed by atoms with van der Waals surface area (Å²) in [6.07, 6.45) is 14.8. The van der Waals surface area contributed by atoms with Crippen molar-refractivity contribution in [2.24, 2.45) is 11.8 Å². The van der Waals surface area contributed by atoms with Crippen molar-refractivity contribution in [2.45, 2.75) is 38.5 Å². The van der Waals surface area contributed by atoms with E-state index in [4.69, 9.17) is 4.74 Å². The Kier molecular flexibility index (Phi) is 8.12. The summed E-state index contributed by atoms with van der Waals surface area (Å²) < 4.78 is 4.90. The van der Waals surface area contributed by atoms with E-state index in [2.05, 4.69) is 48.3 Å². The lowest BCUT2D eigenvalue weighted by Gasteiger charge is -1.98. The number of carbonyl (C=O) groups is 1. The maximum Gasteiger partial charge on any atom is 0.123 e. The molecule has 148 valence electrons. The van der Waals surface area contributed by atoms with Crippen molar-refractivity contribution < 1.29 is 9.53 Å². The van der Waals surface area contributed by atoms with Crippen LogP contribution in [-0.2, 0) is 9.53 Å². The molecule has 4 nitrogen and oxygen atoms in total. The van der Waals surface area contributed by atoms with Crippen LogP contribution < -0.4 is 0 Å². The molecule has 2 heterocycles. The molecular weight excluding hydrogens is 348 g/mol. The Morgan fingerprint density at radius 3 is 1.86 bits per heavy atom. The van der Waals surface area contributed by atoms with Gasteiger partial charge in [-0.3, -0.25) is 9.97 Å². The summed E-state index contributed by atoms with van der Waals surface area (Å²) in [5.41, 5.74) is 4.98. The van der Waals surface area contributed by atoms with E-state index in [-0.39, 0.29) is 5.92 Å². The Labute approximate surface area is 168 Å². The van der Waals surface area contributed by atoms with Gasteiger partial charge in [0.15, 0.2) is 0 Å². The molecule has 0 aromatic carbocycles. The van der Waals surface area contributed by atoms with Gasteiger partial charge in [-0.15, -0.1) is 13.2 Å². The van der Waals surface area contributed by atoms with Crippen molar-refractivity contribution in [3.05, 3.63) is 84.7 Å². The number of methoxy groups -OCH3 is 1. The molecule has 0 radical (unpaired) electrons. The summed E-state index contributed by atoms with van der Waals surface area (Å²) in [4.78, 5) is 18.7. The second-order valence-corrected chi connectivity index (χ2v) is 7.30. The Hall–Kier alpha value is -2.75. The van der Waals surface area contributed by atoms with Crippen LogP contribution in [0.5, 0.6) is 0 Å². The maximum atomic E-state index is 10.4. The first-order valence-corrected chi connectivity index (χ1v) is 9.60. The van der Waals surface area contributed by atoms with E-state index in [1.54, 1.807) is 13.4 Å². The number of hydrogen-bond donors (Lipinski definition) is 0. The zero-order valence-electron chi connectivity index (χ0n) is 17.0. The lowest BCUT2D eigenvalue weighted by atomic mass is 10.1. The van der Waals surface area contributed by atoms with Crippen LogP contribution in [0.1, 0.15) is 46.9 Å². The minimum atomic E-state index is 0.258. The summed E-state index contributed by atoms with van der Waals surface area (Å²) in [6, 6.07) is 4.33. The summed E-state index contributed by atoms with van der Waals surface area (Å²) in [6.45, 7) is 10.1. The third-order valence-electron chi connectivity index (χ3n) is 4.96. The van der Waals surface area contributed by atoms with Gasteiger partial charge in [0.2, 0.25) is 0 Å². The van der Waals surface area contributed by atoms with Gasteiger partial charge < -0.3 is 9.53 Å². The summed E-state index contributed by atoms with van der Waals surface area (Å²) >= 11 is 0. The molecule has 4 atom stereocenters. The van der Waals surface area contributed by atoms with E-state index >= 15 is 0 Å². The van der Waals surface area contributed by atoms with Crippen molar-refractivity contribution in [1.29, 1.82) is 0 Å². The predicted octanol–water partition coefficient (Wildman–Crippen LogP) is 5.15. The summed E-state index contributed by atoms with van der Waals surface area (Å²) in [5, 5.41) is 0. The van der Waals surface area contributed by atoms with Crippen molar-refractivity contribution in [1.82, 2.24) is 9.97 Å². The van der Waals surface area contributed by atoms with E-state index in [1.165, 1.54) is 28.7 Å². The van der Waals surface area contributed by atoms with Gasteiger partial charge in [0.05, 0.1) is 13.4 Å². The summed E-state index contributed by atoms with van der Waals surface area (Å²) in [7, 11) is 1.68. The van der Waals surface area contributed by atoms with Gasteiger partial charge in [0.25, 0.3) is 0 Å². The third-order valence-corrected chi connectivity index (χ3v) is 4.96. The molecule has 0 unspecified atom stereocenters. The first-order valence-electron chi connectivity index (χ1n) is 9.60. The van der Waals surface area contributed by atoms with Gasteiger partial charge in [-0.25, -0.2) is 0 Å². The van der Waals surface area contributed by atoms with Gasteiger partial charge in [-0.1, -0.05) is 12.1 Å². The van der Waals surface area contributed by atoms with Crippen LogP contribution >= 0.6 is 0 Å². The second kappa shape index (κ2) is 10.5. The maximum absolute atomic E-state index is 10.4. The van der Waals surface area contributed by atoms with E-state index in [9.17, 15) is 4.79 Å². The molecule has 0 aliphatic heterocycles. The number of hydrogen-bond acceptors (Lipinski definition) is 4. The Morgan fingerprint density at radius 2 is 1.43 bits per heavy atom. The Bertz CT molecular complexity index is 803. The minimum absolute atomic E-state index is 0.258. The quantitative estimate of drug-likeness (QED) is 0.410. The van der Waals surface area contributed by atoms with Gasteiger partial charge in [-0.05, 0) is 72.8 Å². The van der Waals surface area contributed by atoms with E-state index in [0.29, 0.717) is 17.8 Å². The molecule has 2 aliphatic carbocycles. The van der Waals surface area contributed by atoms with Crippen molar-refractivity contribution in [3.63, 3.8) is 0 Å². The molecule has 2 aromatic heterocycles. The molecule has 4 rings (SSSR count). The highest BCUT2D eigenvalue weighted by Crippen LogP contribution is 2.48. The van der Waals surface area contributed by atoms with Crippen LogP contribution in [0, 0.1) is 25.7 Å². The monoisotopic (exact) mass is 378 g/mol. The fourth-order valence-corrected chi connectivity index (χ4v) is 3.30. The topological polar surface area (TPSA) is 52.1 Å². The molecule has 28 heavy (non-hydrogen) atoms. The fraction of sp³-hybridized carbons (Fsp3) is 0.375. The zero-order chi connectivity index (χ0) is 20.5. The molecule has 0 saturated heterocycles. The zero-order valence-corrected chi connectivity index (χ0v) is 17.0. The number of aromatic nitrogens is 2. The van der Waals surface area contributed by atoms with E-state index in [0.717, 1.165) is 12.7 Å². The Balaban J connectivity index is 0.000000186. The molecular formula is C24H30N2O2. The SMILES string of the molecule is C=C.COC=C[C@H]1C[C@@H]1c1cncc(C)c1.Cc1cncc([C@H]2C[C@@H]2C=O)c1. The van der Waals surface area contributed by atoms with Crippen LogP contribution in [0.3, 0.4) is 0 Å². The normalized spacial score (nSPS) is 24.2. The first kappa shape index (κ1) is 21.5. The average molecular weight is 379 g/mol. The fourth-order valence-electron chi connectivity index (χ4n) is 3.30. The number of aryl methyl sites for hydroxylation is 2. The molecule has 4 heteroatoms. The Morgan fingerprint density at radius 1 is 0.929 bits per heavy atom. The average Bonchev–Trinajstić information content (AvgIpc) is 3.63. The van der Waals surface area contributed by atoms with Crippen LogP contribution in [-0.4, -0.2) is 23.4 Å². The van der Waals surface area contributed by atoms with Gasteiger partial charge >= 0.3 is 0 Å². The molecule has 0 N–H and O–H groups in total. The summed E-state index contributed by atoms with van der Waals surface area (Å²) in [5.74, 6) is 2.02. The number of ether oxygens (including phenoxy) is 1. The van der Waals surface area contributed by atoms with Gasteiger partial charge in [0.1, 0.15) is 6.29 Å². The minimum Gasteiger partial charge on any atom is -0.505 e. The number of aldehydes is 1. The largest absolute Gasteiger partial charge is 0.505 e. The van der Waals surface area contributed by atoms with Gasteiger partial charge in [0, 0.05) is 30.7 Å². The van der Waals surface area contributed by atoms with Crippen LogP contribution in [0.2, 0.25) is 0 Å². The van der Waals surface area contributed by atoms with E-state index in [1.807, 2.05) is 31.7 Å². The standard InChI is InChI=1S/C12H15NO.C10H11NO.C2H4/c1-9-5-11(8-13-7-9)12-6-10(12)3-4-14-2;1-7-2-8(5-11-4-7)10-3-9(10)6-12;1-2/h3-5,7-8,10,12H,6H2,1-2H3;2,4-6,9-10H,3H2,1H3;1-2H2/t10-,12-;9-,10-;/m01./s1.